The van der Waals surface area contributed by atoms with Gasteiger partial charge >= 0.3 is 0 Å². The van der Waals surface area contributed by atoms with Crippen molar-refractivity contribution in [3.8, 4) is 5.75 Å². The molecule has 2 aliphatic rings. The minimum absolute atomic E-state index is 0.146. The van der Waals surface area contributed by atoms with Gasteiger partial charge in [0.25, 0.3) is 0 Å². The maximum Gasteiger partial charge on any atom is 0.226 e. The van der Waals surface area contributed by atoms with Crippen molar-refractivity contribution in [1.82, 2.24) is 14.9 Å². The normalized spacial score (nSPS) is 18.1. The Morgan fingerprint density at radius 3 is 2.52 bits per heavy atom. The molecular weight excluding hydrogens is 436 g/mol. The van der Waals surface area contributed by atoms with Gasteiger partial charge in [-0.25, -0.2) is 0 Å². The predicted molar refractivity (Wildman–Crippen MR) is 135 cm³/mol. The molecule has 174 valence electrons. The molecule has 2 heterocycles. The molecule has 1 aliphatic heterocycles. The Bertz CT molecular complexity index is 1010. The topological polar surface area (TPSA) is 86.2 Å². The van der Waals surface area contributed by atoms with E-state index in [1.54, 1.807) is 7.11 Å². The second-order valence-electron chi connectivity index (χ2n) is 8.45. The summed E-state index contributed by atoms with van der Waals surface area (Å²) in [4.78, 5) is 11.2. The van der Waals surface area contributed by atoms with Crippen molar-refractivity contribution in [3.05, 3.63) is 64.5 Å². The summed E-state index contributed by atoms with van der Waals surface area (Å²) < 4.78 is 5.21. The van der Waals surface area contributed by atoms with E-state index in [9.17, 15) is 0 Å². The summed E-state index contributed by atoms with van der Waals surface area (Å²) in [6, 6.07) is 7.80. The van der Waals surface area contributed by atoms with Crippen LogP contribution in [0.15, 0.2) is 48.1 Å². The number of hydrogen-bond acceptors (Lipinski definition) is 7. The Hall–Kier alpha value is -2.90. The minimum Gasteiger partial charge on any atom is -0.497 e. The van der Waals surface area contributed by atoms with Gasteiger partial charge < -0.3 is 20.8 Å². The molecule has 33 heavy (non-hydrogen) atoms. The zero-order valence-corrected chi connectivity index (χ0v) is 19.7. The second-order valence-corrected chi connectivity index (χ2v) is 8.79. The summed E-state index contributed by atoms with van der Waals surface area (Å²) >= 11 is 6.20. The average molecular weight is 467 g/mol. The number of nitrogens with one attached hydrogen (secondary N) is 3. The Labute approximate surface area is 200 Å². The van der Waals surface area contributed by atoms with Gasteiger partial charge in [0.15, 0.2) is 0 Å². The first kappa shape index (κ1) is 23.3. The van der Waals surface area contributed by atoms with Gasteiger partial charge in [0.05, 0.1) is 12.7 Å². The van der Waals surface area contributed by atoms with Crippen LogP contribution in [0.2, 0.25) is 5.28 Å². The molecule has 4 rings (SSSR count). The van der Waals surface area contributed by atoms with Crippen molar-refractivity contribution in [2.75, 3.05) is 43.9 Å². The Morgan fingerprint density at radius 2 is 1.88 bits per heavy atom. The number of anilines is 2. The third-order valence-electron chi connectivity index (χ3n) is 6.08. The third-order valence-corrected chi connectivity index (χ3v) is 6.25. The van der Waals surface area contributed by atoms with Gasteiger partial charge in [-0.15, -0.1) is 0 Å². The smallest absolute Gasteiger partial charge is 0.226 e. The molecule has 1 aromatic heterocycles. The van der Waals surface area contributed by atoms with Crippen molar-refractivity contribution in [2.45, 2.75) is 25.8 Å². The van der Waals surface area contributed by atoms with Crippen molar-refractivity contribution >= 4 is 29.5 Å². The largest absolute Gasteiger partial charge is 0.497 e. The number of methoxy groups -OCH3 is 1. The fourth-order valence-corrected chi connectivity index (χ4v) is 4.35. The SMILES string of the molecule is COc1ccc(CNc2nc(Cl)nc(NCC3C=CC(CN4CCCC4)=CC3)c2C=N)cc1. The number of hydrogen-bond donors (Lipinski definition) is 3. The van der Waals surface area contributed by atoms with Crippen LogP contribution in [0, 0.1) is 11.3 Å². The lowest BCUT2D eigenvalue weighted by molar-refractivity contribution is 0.370. The average Bonchev–Trinajstić information content (AvgIpc) is 3.35. The molecule has 0 saturated carbocycles. The molecule has 1 saturated heterocycles. The molecule has 0 radical (unpaired) electrons. The molecule has 2 aromatic rings. The summed E-state index contributed by atoms with van der Waals surface area (Å²) in [6.45, 7) is 4.75. The monoisotopic (exact) mass is 466 g/mol. The number of likely N-dealkylation sites (tertiary alicyclic amines) is 1. The van der Waals surface area contributed by atoms with Crippen LogP contribution < -0.4 is 15.4 Å². The first-order valence-electron chi connectivity index (χ1n) is 11.4. The molecule has 8 heteroatoms. The van der Waals surface area contributed by atoms with Crippen molar-refractivity contribution in [3.63, 3.8) is 0 Å². The van der Waals surface area contributed by atoms with Gasteiger partial charge in [0.2, 0.25) is 5.28 Å². The number of allylic oxidation sites excluding steroid dienone is 1. The van der Waals surface area contributed by atoms with Gasteiger partial charge in [0.1, 0.15) is 17.4 Å². The van der Waals surface area contributed by atoms with E-state index in [1.165, 1.54) is 37.7 Å². The Morgan fingerprint density at radius 1 is 1.15 bits per heavy atom. The van der Waals surface area contributed by atoms with E-state index in [-0.39, 0.29) is 5.28 Å². The van der Waals surface area contributed by atoms with E-state index < -0.39 is 0 Å². The van der Waals surface area contributed by atoms with E-state index in [1.807, 2.05) is 24.3 Å². The number of nitrogens with zero attached hydrogens (tertiary/aromatic N) is 3. The van der Waals surface area contributed by atoms with Crippen LogP contribution >= 0.6 is 11.6 Å². The molecule has 1 atom stereocenters. The van der Waals surface area contributed by atoms with Crippen molar-refractivity contribution in [1.29, 1.82) is 5.41 Å². The summed E-state index contributed by atoms with van der Waals surface area (Å²) in [5, 5.41) is 14.7. The van der Waals surface area contributed by atoms with Crippen LogP contribution in [0.1, 0.15) is 30.4 Å². The fourth-order valence-electron chi connectivity index (χ4n) is 4.18. The number of benzene rings is 1. The van der Waals surface area contributed by atoms with Gasteiger partial charge in [-0.05, 0) is 73.1 Å². The van der Waals surface area contributed by atoms with Crippen LogP contribution in [-0.2, 0) is 6.54 Å². The highest BCUT2D eigenvalue weighted by Gasteiger charge is 2.17. The van der Waals surface area contributed by atoms with Gasteiger partial charge in [-0.1, -0.05) is 30.4 Å². The van der Waals surface area contributed by atoms with E-state index >= 15 is 0 Å². The molecule has 1 aliphatic carbocycles. The van der Waals surface area contributed by atoms with E-state index in [0.717, 1.165) is 30.8 Å². The summed E-state index contributed by atoms with van der Waals surface area (Å²) in [7, 11) is 1.65. The Balaban J connectivity index is 1.35. The van der Waals surface area contributed by atoms with Crippen LogP contribution in [0.4, 0.5) is 11.6 Å². The van der Waals surface area contributed by atoms with E-state index in [4.69, 9.17) is 21.7 Å². The van der Waals surface area contributed by atoms with Crippen LogP contribution in [0.5, 0.6) is 5.75 Å². The highest BCUT2D eigenvalue weighted by Crippen LogP contribution is 2.24. The van der Waals surface area contributed by atoms with E-state index in [0.29, 0.717) is 29.7 Å². The molecule has 7 nitrogen and oxygen atoms in total. The number of rotatable bonds is 10. The maximum absolute atomic E-state index is 7.92. The lowest BCUT2D eigenvalue weighted by Crippen LogP contribution is -2.23. The first-order valence-corrected chi connectivity index (χ1v) is 11.8. The zero-order valence-electron chi connectivity index (χ0n) is 19.0. The first-order chi connectivity index (χ1) is 16.1. The number of halogens is 1. The fraction of sp³-hybridized carbons (Fsp3) is 0.400. The highest BCUT2D eigenvalue weighted by molar-refractivity contribution is 6.28. The van der Waals surface area contributed by atoms with Gasteiger partial charge in [-0.2, -0.15) is 9.97 Å². The maximum atomic E-state index is 7.92. The van der Waals surface area contributed by atoms with E-state index in [2.05, 4.69) is 43.7 Å². The predicted octanol–water partition coefficient (Wildman–Crippen LogP) is 4.76. The molecule has 0 spiro atoms. The van der Waals surface area contributed by atoms with Gasteiger partial charge in [-0.3, -0.25) is 4.90 Å². The summed E-state index contributed by atoms with van der Waals surface area (Å²) in [6.07, 6.45) is 11.8. The lowest BCUT2D eigenvalue weighted by atomic mass is 9.96. The minimum atomic E-state index is 0.146. The molecule has 1 fully saturated rings. The molecule has 0 bridgehead atoms. The second kappa shape index (κ2) is 11.3. The standard InChI is InChI=1S/C25H31ClN6O/c1-33-21-10-8-19(9-11-21)16-29-24-22(14-27)23(30-25(26)31-24)28-15-18-4-6-20(7-5-18)17-32-12-2-3-13-32/h4,6-11,14,18,27H,2-3,5,12-13,15-17H2,1H3,(H2,28,29,30,31). The quantitative estimate of drug-likeness (QED) is 0.346. The number of ether oxygens (including phenoxy) is 1. The van der Waals surface area contributed by atoms with Gasteiger partial charge in [0, 0.05) is 25.8 Å². The number of aromatic nitrogens is 2. The van der Waals surface area contributed by atoms with Crippen LogP contribution in [-0.4, -0.2) is 54.4 Å². The molecule has 0 amide bonds. The Kier molecular flexibility index (Phi) is 7.96. The molecule has 3 N–H and O–H groups in total. The zero-order chi connectivity index (χ0) is 23.0. The van der Waals surface area contributed by atoms with Crippen LogP contribution in [0.25, 0.3) is 0 Å². The lowest BCUT2D eigenvalue weighted by Gasteiger charge is -2.21. The molecule has 1 unspecified atom stereocenters. The van der Waals surface area contributed by atoms with Crippen LogP contribution in [0.3, 0.4) is 0 Å². The third kappa shape index (κ3) is 6.33. The summed E-state index contributed by atoms with van der Waals surface area (Å²) in [5.41, 5.74) is 3.07. The molecule has 1 aromatic carbocycles. The van der Waals surface area contributed by atoms with Crippen molar-refractivity contribution in [2.24, 2.45) is 5.92 Å². The molecular formula is C25H31ClN6O. The van der Waals surface area contributed by atoms with Crippen molar-refractivity contribution < 1.29 is 4.74 Å². The highest BCUT2D eigenvalue weighted by atomic mass is 35.5. The summed E-state index contributed by atoms with van der Waals surface area (Å²) in [5.74, 6) is 2.29.